The molecule has 30 heavy (non-hydrogen) atoms. The van der Waals surface area contributed by atoms with E-state index in [0.29, 0.717) is 43.4 Å². The minimum atomic E-state index is -0.608. The monoisotopic (exact) mass is 437 g/mol. The van der Waals surface area contributed by atoms with Crippen molar-refractivity contribution in [2.75, 3.05) is 26.2 Å². The van der Waals surface area contributed by atoms with Crippen LogP contribution in [0.25, 0.3) is 0 Å². The normalized spacial score (nSPS) is 14.9. The molecular formula is C22H32ClN3O4. The van der Waals surface area contributed by atoms with Gasteiger partial charge < -0.3 is 20.3 Å². The Morgan fingerprint density at radius 2 is 1.73 bits per heavy atom. The molecule has 0 bridgehead atoms. The van der Waals surface area contributed by atoms with Crippen molar-refractivity contribution < 1.29 is 19.1 Å². The molecule has 1 fully saturated rings. The molecule has 0 spiro atoms. The van der Waals surface area contributed by atoms with Crippen molar-refractivity contribution in [3.63, 3.8) is 0 Å². The van der Waals surface area contributed by atoms with Gasteiger partial charge in [-0.25, -0.2) is 4.79 Å². The van der Waals surface area contributed by atoms with E-state index in [9.17, 15) is 14.4 Å². The number of carbonyl (C=O) groups is 3. The topological polar surface area (TPSA) is 87.7 Å². The molecule has 0 aliphatic carbocycles. The second-order valence-electron chi connectivity index (χ2n) is 8.61. The highest BCUT2D eigenvalue weighted by Crippen LogP contribution is 2.18. The van der Waals surface area contributed by atoms with Crippen LogP contribution in [-0.4, -0.2) is 54.6 Å². The Morgan fingerprint density at radius 3 is 2.33 bits per heavy atom. The number of ether oxygens (including phenoxy) is 1. The molecule has 2 N–H and O–H groups in total. The van der Waals surface area contributed by atoms with Crippen molar-refractivity contribution in [2.45, 2.75) is 52.1 Å². The summed E-state index contributed by atoms with van der Waals surface area (Å²) in [5.74, 6) is 0.243. The zero-order chi connectivity index (χ0) is 22.1. The van der Waals surface area contributed by atoms with Crippen LogP contribution in [0.3, 0.4) is 0 Å². The molecule has 3 amide bonds. The van der Waals surface area contributed by atoms with Crippen molar-refractivity contribution in [2.24, 2.45) is 5.92 Å². The average molecular weight is 438 g/mol. The number of hydrogen-bond acceptors (Lipinski definition) is 4. The number of carbonyl (C=O) groups excluding carboxylic acids is 3. The molecule has 1 heterocycles. The molecule has 8 heteroatoms. The first-order valence-electron chi connectivity index (χ1n) is 10.4. The van der Waals surface area contributed by atoms with E-state index in [4.69, 9.17) is 16.3 Å². The molecular weight excluding hydrogens is 406 g/mol. The number of hydrogen-bond donors (Lipinski definition) is 2. The Bertz CT molecular complexity index is 723. The summed E-state index contributed by atoms with van der Waals surface area (Å²) in [5.41, 5.74) is 0.506. The molecule has 0 saturated carbocycles. The van der Waals surface area contributed by atoms with Crippen LogP contribution in [-0.2, 0) is 20.7 Å². The summed E-state index contributed by atoms with van der Waals surface area (Å²) in [6, 6.07) is 7.57. The SMILES string of the molecule is CC(C)(C)OC(=O)NCC(=O)NCC1CCN(C(=O)CCc2ccc(Cl)cc2)CC1. The molecule has 1 saturated heterocycles. The van der Waals surface area contributed by atoms with Gasteiger partial charge in [0, 0.05) is 31.1 Å². The Morgan fingerprint density at radius 1 is 1.10 bits per heavy atom. The van der Waals surface area contributed by atoms with Crippen molar-refractivity contribution in [1.29, 1.82) is 0 Å². The van der Waals surface area contributed by atoms with Gasteiger partial charge in [-0.05, 0) is 63.6 Å². The van der Waals surface area contributed by atoms with Crippen LogP contribution in [0.5, 0.6) is 0 Å². The molecule has 2 rings (SSSR count). The molecule has 1 aromatic rings. The maximum atomic E-state index is 12.4. The average Bonchev–Trinajstić information content (AvgIpc) is 2.69. The maximum Gasteiger partial charge on any atom is 0.408 e. The summed E-state index contributed by atoms with van der Waals surface area (Å²) >= 11 is 5.88. The van der Waals surface area contributed by atoms with Crippen molar-refractivity contribution in [3.8, 4) is 0 Å². The van der Waals surface area contributed by atoms with Crippen LogP contribution in [0.2, 0.25) is 5.02 Å². The molecule has 166 valence electrons. The lowest BCUT2D eigenvalue weighted by atomic mass is 9.96. The third kappa shape index (κ3) is 9.03. The van der Waals surface area contributed by atoms with Gasteiger partial charge in [0.1, 0.15) is 5.60 Å². The minimum absolute atomic E-state index is 0.114. The molecule has 0 unspecified atom stereocenters. The van der Waals surface area contributed by atoms with Crippen LogP contribution in [0.15, 0.2) is 24.3 Å². The summed E-state index contributed by atoms with van der Waals surface area (Å²) < 4.78 is 5.10. The highest BCUT2D eigenvalue weighted by molar-refractivity contribution is 6.30. The first kappa shape index (κ1) is 24.0. The zero-order valence-corrected chi connectivity index (χ0v) is 18.8. The molecule has 0 radical (unpaired) electrons. The molecule has 0 atom stereocenters. The summed E-state index contributed by atoms with van der Waals surface area (Å²) in [4.78, 5) is 37.8. The minimum Gasteiger partial charge on any atom is -0.444 e. The van der Waals surface area contributed by atoms with E-state index >= 15 is 0 Å². The number of rotatable bonds is 7. The van der Waals surface area contributed by atoms with Gasteiger partial charge in [-0.1, -0.05) is 23.7 Å². The van der Waals surface area contributed by atoms with Crippen molar-refractivity contribution >= 4 is 29.5 Å². The van der Waals surface area contributed by atoms with Gasteiger partial charge in [0.05, 0.1) is 6.54 Å². The number of benzene rings is 1. The van der Waals surface area contributed by atoms with Crippen LogP contribution in [0, 0.1) is 5.92 Å². The zero-order valence-electron chi connectivity index (χ0n) is 18.0. The van der Waals surface area contributed by atoms with Gasteiger partial charge in [0.25, 0.3) is 0 Å². The Balaban J connectivity index is 1.60. The summed E-state index contributed by atoms with van der Waals surface area (Å²) in [7, 11) is 0. The fourth-order valence-corrected chi connectivity index (χ4v) is 3.36. The number of likely N-dealkylation sites (tertiary alicyclic amines) is 1. The third-order valence-electron chi connectivity index (χ3n) is 4.89. The molecule has 1 aliphatic rings. The van der Waals surface area contributed by atoms with Gasteiger partial charge >= 0.3 is 6.09 Å². The van der Waals surface area contributed by atoms with E-state index in [1.807, 2.05) is 29.2 Å². The Labute approximate surface area is 183 Å². The first-order chi connectivity index (χ1) is 14.1. The lowest BCUT2D eigenvalue weighted by Gasteiger charge is -2.32. The molecule has 7 nitrogen and oxygen atoms in total. The van der Waals surface area contributed by atoms with E-state index in [-0.39, 0.29) is 18.4 Å². The number of amides is 3. The third-order valence-corrected chi connectivity index (χ3v) is 5.14. The number of nitrogens with zero attached hydrogens (tertiary/aromatic N) is 1. The molecule has 1 aromatic carbocycles. The summed E-state index contributed by atoms with van der Waals surface area (Å²) in [5, 5.41) is 5.98. The number of nitrogens with one attached hydrogen (secondary N) is 2. The van der Waals surface area contributed by atoms with Gasteiger partial charge in [-0.2, -0.15) is 0 Å². The fourth-order valence-electron chi connectivity index (χ4n) is 3.23. The summed E-state index contributed by atoms with van der Waals surface area (Å²) in [6.45, 7) is 7.13. The standard InChI is InChI=1S/C22H32ClN3O4/c1-22(2,3)30-21(29)25-15-19(27)24-14-17-10-12-26(13-11-17)20(28)9-6-16-4-7-18(23)8-5-16/h4-5,7-8,17H,6,9-15H2,1-3H3,(H,24,27)(H,25,29). The largest absolute Gasteiger partial charge is 0.444 e. The van der Waals surface area contributed by atoms with E-state index in [0.717, 1.165) is 18.4 Å². The Hall–Kier alpha value is -2.28. The van der Waals surface area contributed by atoms with E-state index < -0.39 is 11.7 Å². The van der Waals surface area contributed by atoms with Gasteiger partial charge in [0.15, 0.2) is 0 Å². The van der Waals surface area contributed by atoms with Gasteiger partial charge in [0.2, 0.25) is 11.8 Å². The fraction of sp³-hybridized carbons (Fsp3) is 0.591. The number of piperidine rings is 1. The predicted molar refractivity (Wildman–Crippen MR) is 116 cm³/mol. The van der Waals surface area contributed by atoms with Crippen molar-refractivity contribution in [3.05, 3.63) is 34.9 Å². The Kier molecular flexibility index (Phi) is 8.96. The van der Waals surface area contributed by atoms with E-state index in [1.54, 1.807) is 20.8 Å². The molecule has 0 aromatic heterocycles. The number of halogens is 1. The van der Waals surface area contributed by atoms with Crippen molar-refractivity contribution in [1.82, 2.24) is 15.5 Å². The van der Waals surface area contributed by atoms with Crippen LogP contribution in [0.4, 0.5) is 4.79 Å². The highest BCUT2D eigenvalue weighted by atomic mass is 35.5. The van der Waals surface area contributed by atoms with Gasteiger partial charge in [-0.3, -0.25) is 9.59 Å². The quantitative estimate of drug-likeness (QED) is 0.685. The smallest absolute Gasteiger partial charge is 0.408 e. The second-order valence-corrected chi connectivity index (χ2v) is 9.05. The van der Waals surface area contributed by atoms with Crippen LogP contribution in [0.1, 0.15) is 45.6 Å². The van der Waals surface area contributed by atoms with Crippen LogP contribution < -0.4 is 10.6 Å². The highest BCUT2D eigenvalue weighted by Gasteiger charge is 2.23. The first-order valence-corrected chi connectivity index (χ1v) is 10.8. The predicted octanol–water partition coefficient (Wildman–Crippen LogP) is 3.15. The van der Waals surface area contributed by atoms with E-state index in [2.05, 4.69) is 10.6 Å². The maximum absolute atomic E-state index is 12.4. The number of aryl methyl sites for hydroxylation is 1. The number of alkyl carbamates (subject to hydrolysis) is 1. The van der Waals surface area contributed by atoms with Gasteiger partial charge in [-0.15, -0.1) is 0 Å². The lowest BCUT2D eigenvalue weighted by molar-refractivity contribution is -0.132. The van der Waals surface area contributed by atoms with Crippen LogP contribution >= 0.6 is 11.6 Å². The second kappa shape index (κ2) is 11.2. The molecule has 1 aliphatic heterocycles. The van der Waals surface area contributed by atoms with E-state index in [1.165, 1.54) is 0 Å². The lowest BCUT2D eigenvalue weighted by Crippen LogP contribution is -2.44. The summed E-state index contributed by atoms with van der Waals surface area (Å²) in [6.07, 6.45) is 2.29.